The fourth-order valence-corrected chi connectivity index (χ4v) is 6.46. The highest BCUT2D eigenvalue weighted by molar-refractivity contribution is 7.89. The van der Waals surface area contributed by atoms with Crippen LogP contribution in [0.2, 0.25) is 0 Å². The first-order chi connectivity index (χ1) is 13.9. The summed E-state index contributed by atoms with van der Waals surface area (Å²) in [7, 11) is -1.77. The van der Waals surface area contributed by atoms with E-state index < -0.39 is 15.9 Å². The summed E-state index contributed by atoms with van der Waals surface area (Å²) in [4.78, 5) is 17.8. The Morgan fingerprint density at radius 3 is 2.69 bits per heavy atom. The number of thiazole rings is 1. The number of aryl methyl sites for hydroxylation is 1. The monoisotopic (exact) mass is 429 g/mol. The highest BCUT2D eigenvalue weighted by atomic mass is 32.2. The maximum Gasteiger partial charge on any atom is 0.279 e. The summed E-state index contributed by atoms with van der Waals surface area (Å²) in [6.45, 7) is 2.45. The number of benzene rings is 2. The van der Waals surface area contributed by atoms with Gasteiger partial charge in [-0.05, 0) is 50.1 Å². The molecule has 2 heterocycles. The maximum absolute atomic E-state index is 13.1. The molecule has 1 fully saturated rings. The highest BCUT2D eigenvalue weighted by Gasteiger charge is 2.31. The zero-order chi connectivity index (χ0) is 20.6. The van der Waals surface area contributed by atoms with E-state index in [1.807, 2.05) is 42.8 Å². The van der Waals surface area contributed by atoms with Gasteiger partial charge in [0.2, 0.25) is 10.0 Å². The third-order valence-electron chi connectivity index (χ3n) is 5.34. The van der Waals surface area contributed by atoms with E-state index in [2.05, 4.69) is 4.99 Å². The minimum Gasteiger partial charge on any atom is -0.319 e. The summed E-state index contributed by atoms with van der Waals surface area (Å²) in [6, 6.07) is 14.0. The maximum atomic E-state index is 13.1. The van der Waals surface area contributed by atoms with Crippen molar-refractivity contribution in [3.63, 3.8) is 0 Å². The summed E-state index contributed by atoms with van der Waals surface area (Å²) in [5.41, 5.74) is 1.27. The van der Waals surface area contributed by atoms with Crippen molar-refractivity contribution in [3.05, 3.63) is 58.9 Å². The van der Waals surface area contributed by atoms with E-state index in [4.69, 9.17) is 0 Å². The molecule has 1 atom stereocenters. The normalized spacial score (nSPS) is 19.0. The van der Waals surface area contributed by atoms with Gasteiger partial charge in [0.05, 0.1) is 15.1 Å². The van der Waals surface area contributed by atoms with Gasteiger partial charge < -0.3 is 4.57 Å². The number of hydrogen-bond acceptors (Lipinski definition) is 4. The molecule has 6 nitrogen and oxygen atoms in total. The second-order valence-corrected chi connectivity index (χ2v) is 10.2. The summed E-state index contributed by atoms with van der Waals surface area (Å²) in [5.74, 6) is -0.448. The Kier molecular flexibility index (Phi) is 5.42. The van der Waals surface area contributed by atoms with Gasteiger partial charge in [0, 0.05) is 25.2 Å². The van der Waals surface area contributed by atoms with Gasteiger partial charge in [-0.1, -0.05) is 36.0 Å². The third-order valence-corrected chi connectivity index (χ3v) is 8.46. The van der Waals surface area contributed by atoms with Crippen LogP contribution in [0, 0.1) is 0 Å². The Balaban J connectivity index is 1.69. The number of nitrogens with zero attached hydrogens (tertiary/aromatic N) is 3. The van der Waals surface area contributed by atoms with Crippen LogP contribution in [0.3, 0.4) is 0 Å². The predicted octanol–water partition coefficient (Wildman–Crippen LogP) is 3.54. The Morgan fingerprint density at radius 1 is 1.14 bits per heavy atom. The number of carbonyl (C=O) groups is 1. The molecule has 29 heavy (non-hydrogen) atoms. The molecule has 152 valence electrons. The zero-order valence-corrected chi connectivity index (χ0v) is 18.0. The van der Waals surface area contributed by atoms with Gasteiger partial charge in [-0.3, -0.25) is 4.79 Å². The second kappa shape index (κ2) is 7.85. The molecule has 0 radical (unpaired) electrons. The van der Waals surface area contributed by atoms with Crippen LogP contribution < -0.4 is 4.80 Å². The van der Waals surface area contributed by atoms with Crippen molar-refractivity contribution in [2.45, 2.75) is 37.1 Å². The molecule has 4 rings (SSSR count). The largest absolute Gasteiger partial charge is 0.319 e. The van der Waals surface area contributed by atoms with Crippen LogP contribution in [-0.2, 0) is 17.1 Å². The van der Waals surface area contributed by atoms with E-state index in [0.717, 1.165) is 29.5 Å². The average Bonchev–Trinajstić information content (AvgIpc) is 3.04. The molecule has 0 aliphatic carbocycles. The van der Waals surface area contributed by atoms with Crippen LogP contribution >= 0.6 is 11.3 Å². The summed E-state index contributed by atoms with van der Waals surface area (Å²) >= 11 is 1.43. The van der Waals surface area contributed by atoms with Gasteiger partial charge in [-0.15, -0.1) is 0 Å². The first-order valence-electron chi connectivity index (χ1n) is 9.63. The molecule has 0 saturated carbocycles. The van der Waals surface area contributed by atoms with E-state index in [1.54, 1.807) is 22.5 Å². The molecule has 2 aromatic carbocycles. The molecule has 0 bridgehead atoms. The average molecular weight is 430 g/mol. The number of carbonyl (C=O) groups excluding carboxylic acids is 1. The van der Waals surface area contributed by atoms with E-state index >= 15 is 0 Å². The molecule has 1 aliphatic heterocycles. The van der Waals surface area contributed by atoms with E-state index in [-0.39, 0.29) is 16.5 Å². The van der Waals surface area contributed by atoms with Crippen molar-refractivity contribution in [1.29, 1.82) is 0 Å². The summed E-state index contributed by atoms with van der Waals surface area (Å²) in [6.07, 6.45) is 2.76. The van der Waals surface area contributed by atoms with Crippen LogP contribution in [0.15, 0.2) is 58.4 Å². The van der Waals surface area contributed by atoms with Gasteiger partial charge in [-0.2, -0.15) is 9.30 Å². The van der Waals surface area contributed by atoms with Crippen molar-refractivity contribution < 1.29 is 13.2 Å². The lowest BCUT2D eigenvalue weighted by molar-refractivity contribution is 0.0997. The van der Waals surface area contributed by atoms with Crippen molar-refractivity contribution in [2.24, 2.45) is 12.0 Å². The van der Waals surface area contributed by atoms with Crippen LogP contribution in [0.25, 0.3) is 10.2 Å². The number of amides is 1. The Hall–Kier alpha value is -2.29. The van der Waals surface area contributed by atoms with E-state index in [9.17, 15) is 13.2 Å². The van der Waals surface area contributed by atoms with Gasteiger partial charge >= 0.3 is 0 Å². The number of piperidine rings is 1. The van der Waals surface area contributed by atoms with E-state index in [0.29, 0.717) is 11.3 Å². The van der Waals surface area contributed by atoms with Gasteiger partial charge in [-0.25, -0.2) is 8.42 Å². The number of rotatable bonds is 3. The second-order valence-electron chi connectivity index (χ2n) is 7.32. The molecule has 8 heteroatoms. The fourth-order valence-electron chi connectivity index (χ4n) is 3.69. The lowest BCUT2D eigenvalue weighted by Gasteiger charge is -2.32. The molecule has 1 amide bonds. The summed E-state index contributed by atoms with van der Waals surface area (Å²) < 4.78 is 30.6. The van der Waals surface area contributed by atoms with Gasteiger partial charge in [0.25, 0.3) is 5.91 Å². The van der Waals surface area contributed by atoms with Gasteiger partial charge in [0.1, 0.15) is 0 Å². The van der Waals surface area contributed by atoms with Crippen LogP contribution in [0.4, 0.5) is 0 Å². The number of sulfonamides is 1. The minimum atomic E-state index is -3.63. The zero-order valence-electron chi connectivity index (χ0n) is 16.4. The SMILES string of the molecule is CC1CCCCN1S(=O)(=O)c1cccc(C(=O)N=c2sc3ccccc3n2C)c1. The van der Waals surface area contributed by atoms with Crippen molar-refractivity contribution in [2.75, 3.05) is 6.54 Å². The minimum absolute atomic E-state index is 0.0320. The standard InChI is InChI=1S/C21H23N3O3S2/c1-15-8-5-6-13-24(15)29(26,27)17-10-7-9-16(14-17)20(25)22-21-23(2)18-11-3-4-12-19(18)28-21/h3-4,7,9-12,14-15H,5-6,8,13H2,1-2H3. The van der Waals surface area contributed by atoms with Crippen molar-refractivity contribution >= 4 is 37.5 Å². The molecular formula is C21H23N3O3S2. The van der Waals surface area contributed by atoms with Crippen molar-refractivity contribution in [1.82, 2.24) is 8.87 Å². The fraction of sp³-hybridized carbons (Fsp3) is 0.333. The quantitative estimate of drug-likeness (QED) is 0.639. The number of hydrogen-bond donors (Lipinski definition) is 0. The lowest BCUT2D eigenvalue weighted by atomic mass is 10.1. The molecular weight excluding hydrogens is 406 g/mol. The predicted molar refractivity (Wildman–Crippen MR) is 114 cm³/mol. The molecule has 0 N–H and O–H groups in total. The van der Waals surface area contributed by atoms with Crippen LogP contribution in [0.5, 0.6) is 0 Å². The number of para-hydroxylation sites is 1. The highest BCUT2D eigenvalue weighted by Crippen LogP contribution is 2.25. The number of fused-ring (bicyclic) bond motifs is 1. The van der Waals surface area contributed by atoms with Crippen LogP contribution in [0.1, 0.15) is 36.5 Å². The topological polar surface area (TPSA) is 71.7 Å². The Bertz CT molecular complexity index is 1240. The van der Waals surface area contributed by atoms with Gasteiger partial charge in [0.15, 0.2) is 4.80 Å². The molecule has 1 saturated heterocycles. The first-order valence-corrected chi connectivity index (χ1v) is 11.9. The van der Waals surface area contributed by atoms with Crippen LogP contribution in [-0.4, -0.2) is 35.8 Å². The van der Waals surface area contributed by atoms with Crippen molar-refractivity contribution in [3.8, 4) is 0 Å². The first kappa shape index (κ1) is 20.0. The number of aromatic nitrogens is 1. The molecule has 1 aliphatic rings. The van der Waals surface area contributed by atoms with E-state index in [1.165, 1.54) is 17.4 Å². The molecule has 1 aromatic heterocycles. The molecule has 1 unspecified atom stereocenters. The molecule has 3 aromatic rings. The molecule has 0 spiro atoms. The smallest absolute Gasteiger partial charge is 0.279 e. The Labute approximate surface area is 174 Å². The lowest BCUT2D eigenvalue weighted by Crippen LogP contribution is -2.41. The third kappa shape index (κ3) is 3.80. The summed E-state index contributed by atoms with van der Waals surface area (Å²) in [5, 5.41) is 0. The Morgan fingerprint density at radius 2 is 1.93 bits per heavy atom.